The second kappa shape index (κ2) is 6.20. The van der Waals surface area contributed by atoms with E-state index in [4.69, 9.17) is 0 Å². The van der Waals surface area contributed by atoms with Crippen LogP contribution in [-0.4, -0.2) is 33.4 Å². The van der Waals surface area contributed by atoms with Crippen LogP contribution in [0.25, 0.3) is 0 Å². The summed E-state index contributed by atoms with van der Waals surface area (Å²) in [6.07, 6.45) is 3.40. The molecule has 0 radical (unpaired) electrons. The topological polar surface area (TPSA) is 41.3 Å². The summed E-state index contributed by atoms with van der Waals surface area (Å²) in [5.41, 5.74) is 4.61. The molecule has 0 aliphatic heterocycles. The zero-order valence-electron chi connectivity index (χ0n) is 12.7. The number of aliphatic hydroxyl groups is 1. The van der Waals surface area contributed by atoms with E-state index in [1.165, 1.54) is 11.1 Å². The van der Waals surface area contributed by atoms with Gasteiger partial charge in [-0.15, -0.1) is 0 Å². The van der Waals surface area contributed by atoms with Crippen LogP contribution in [0.15, 0.2) is 30.6 Å². The molecule has 0 aliphatic rings. The zero-order chi connectivity index (χ0) is 14.7. The minimum atomic E-state index is -0.462. The molecule has 2 rings (SSSR count). The molecule has 4 heteroatoms. The molecule has 1 N–H and O–H groups in total. The Morgan fingerprint density at radius 2 is 2.05 bits per heavy atom. The number of rotatable bonds is 5. The SMILES string of the molecule is Cc1ccc([C@@H](O)CN(C)Cc2cnn(C)c2)cc1C. The second-order valence-corrected chi connectivity index (χ2v) is 5.58. The Labute approximate surface area is 120 Å². The molecule has 0 unspecified atom stereocenters. The molecule has 0 aliphatic carbocycles. The molecule has 1 aromatic carbocycles. The lowest BCUT2D eigenvalue weighted by molar-refractivity contribution is 0.124. The molecule has 2 aromatic rings. The van der Waals surface area contributed by atoms with E-state index in [9.17, 15) is 5.11 Å². The number of likely N-dealkylation sites (N-methyl/N-ethyl adjacent to an activating group) is 1. The lowest BCUT2D eigenvalue weighted by Crippen LogP contribution is -2.24. The standard InChI is InChI=1S/C16H23N3O/c1-12-5-6-15(7-13(12)2)16(20)11-18(3)9-14-8-17-19(4)10-14/h5-8,10,16,20H,9,11H2,1-4H3/t16-/m0/s1. The van der Waals surface area contributed by atoms with E-state index in [0.717, 1.165) is 17.7 Å². The molecular weight excluding hydrogens is 250 g/mol. The Kier molecular flexibility index (Phi) is 4.57. The van der Waals surface area contributed by atoms with Crippen LogP contribution in [0.3, 0.4) is 0 Å². The van der Waals surface area contributed by atoms with Gasteiger partial charge in [0.15, 0.2) is 0 Å². The van der Waals surface area contributed by atoms with Gasteiger partial charge in [0.05, 0.1) is 12.3 Å². The maximum absolute atomic E-state index is 10.3. The number of nitrogens with zero attached hydrogens (tertiary/aromatic N) is 3. The maximum Gasteiger partial charge on any atom is 0.0917 e. The largest absolute Gasteiger partial charge is 0.387 e. The molecule has 0 spiro atoms. The van der Waals surface area contributed by atoms with Gasteiger partial charge < -0.3 is 5.11 Å². The van der Waals surface area contributed by atoms with E-state index >= 15 is 0 Å². The third-order valence-electron chi connectivity index (χ3n) is 3.61. The summed E-state index contributed by atoms with van der Waals surface area (Å²) in [7, 11) is 3.92. The molecule has 0 amide bonds. The van der Waals surface area contributed by atoms with Crippen LogP contribution in [0.2, 0.25) is 0 Å². The van der Waals surface area contributed by atoms with Crippen LogP contribution in [0, 0.1) is 13.8 Å². The van der Waals surface area contributed by atoms with E-state index < -0.39 is 6.10 Å². The van der Waals surface area contributed by atoms with Crippen LogP contribution in [0.1, 0.15) is 28.4 Å². The fraction of sp³-hybridized carbons (Fsp3) is 0.438. The maximum atomic E-state index is 10.3. The van der Waals surface area contributed by atoms with Crippen LogP contribution in [-0.2, 0) is 13.6 Å². The molecule has 0 saturated carbocycles. The molecule has 0 fully saturated rings. The minimum absolute atomic E-state index is 0.462. The highest BCUT2D eigenvalue weighted by molar-refractivity contribution is 5.31. The van der Waals surface area contributed by atoms with Crippen molar-refractivity contribution in [1.29, 1.82) is 0 Å². The van der Waals surface area contributed by atoms with Crippen LogP contribution in [0.5, 0.6) is 0 Å². The second-order valence-electron chi connectivity index (χ2n) is 5.58. The molecule has 0 saturated heterocycles. The molecule has 1 heterocycles. The van der Waals surface area contributed by atoms with Crippen LogP contribution >= 0.6 is 0 Å². The highest BCUT2D eigenvalue weighted by Crippen LogP contribution is 2.18. The van der Waals surface area contributed by atoms with E-state index in [1.54, 1.807) is 4.68 Å². The van der Waals surface area contributed by atoms with E-state index in [2.05, 4.69) is 36.0 Å². The molecule has 20 heavy (non-hydrogen) atoms. The van der Waals surface area contributed by atoms with Crippen molar-refractivity contribution >= 4 is 0 Å². The van der Waals surface area contributed by atoms with E-state index in [-0.39, 0.29) is 0 Å². The highest BCUT2D eigenvalue weighted by atomic mass is 16.3. The fourth-order valence-corrected chi connectivity index (χ4v) is 2.30. The Morgan fingerprint density at radius 1 is 1.30 bits per heavy atom. The molecular formula is C16H23N3O. The lowest BCUT2D eigenvalue weighted by atomic mass is 10.0. The van der Waals surface area contributed by atoms with Crippen molar-refractivity contribution in [2.45, 2.75) is 26.5 Å². The highest BCUT2D eigenvalue weighted by Gasteiger charge is 2.12. The van der Waals surface area contributed by atoms with Gasteiger partial charge in [0.1, 0.15) is 0 Å². The van der Waals surface area contributed by atoms with Gasteiger partial charge in [0.25, 0.3) is 0 Å². The summed E-state index contributed by atoms with van der Waals surface area (Å²) >= 11 is 0. The van der Waals surface area contributed by atoms with Gasteiger partial charge in [-0.25, -0.2) is 0 Å². The third kappa shape index (κ3) is 3.68. The van der Waals surface area contributed by atoms with Crippen LogP contribution in [0.4, 0.5) is 0 Å². The van der Waals surface area contributed by atoms with Crippen molar-refractivity contribution < 1.29 is 5.11 Å². The average Bonchev–Trinajstić information content (AvgIpc) is 2.77. The van der Waals surface area contributed by atoms with Gasteiger partial charge in [-0.3, -0.25) is 9.58 Å². The predicted molar refractivity (Wildman–Crippen MR) is 80.4 cm³/mol. The quantitative estimate of drug-likeness (QED) is 0.908. The zero-order valence-corrected chi connectivity index (χ0v) is 12.7. The smallest absolute Gasteiger partial charge is 0.0917 e. The summed E-state index contributed by atoms with van der Waals surface area (Å²) < 4.78 is 1.79. The van der Waals surface area contributed by atoms with Crippen molar-refractivity contribution in [2.24, 2.45) is 7.05 Å². The number of aromatic nitrogens is 2. The first kappa shape index (κ1) is 14.8. The Balaban J connectivity index is 1.96. The van der Waals surface area contributed by atoms with Crippen molar-refractivity contribution in [3.05, 3.63) is 52.8 Å². The first-order valence-corrected chi connectivity index (χ1v) is 6.87. The number of hydrogen-bond acceptors (Lipinski definition) is 3. The van der Waals surface area contributed by atoms with Crippen molar-refractivity contribution in [3.63, 3.8) is 0 Å². The fourth-order valence-electron chi connectivity index (χ4n) is 2.30. The normalized spacial score (nSPS) is 12.9. The molecule has 0 bridgehead atoms. The molecule has 108 valence electrons. The first-order chi connectivity index (χ1) is 9.45. The van der Waals surface area contributed by atoms with E-state index in [1.807, 2.05) is 32.6 Å². The molecule has 1 aromatic heterocycles. The predicted octanol–water partition coefficient (Wildman–Crippen LogP) is 2.20. The average molecular weight is 273 g/mol. The van der Waals surface area contributed by atoms with Gasteiger partial charge in [-0.1, -0.05) is 18.2 Å². The number of aryl methyl sites for hydroxylation is 3. The summed E-state index contributed by atoms with van der Waals surface area (Å²) in [5, 5.41) is 14.5. The number of hydrogen-bond donors (Lipinski definition) is 1. The van der Waals surface area contributed by atoms with Gasteiger partial charge >= 0.3 is 0 Å². The Morgan fingerprint density at radius 3 is 2.65 bits per heavy atom. The third-order valence-corrected chi connectivity index (χ3v) is 3.61. The van der Waals surface area contributed by atoms with Crippen molar-refractivity contribution in [1.82, 2.24) is 14.7 Å². The minimum Gasteiger partial charge on any atom is -0.387 e. The Bertz CT molecular complexity index is 577. The first-order valence-electron chi connectivity index (χ1n) is 6.87. The summed E-state index contributed by atoms with van der Waals surface area (Å²) in [5.74, 6) is 0. The molecule has 1 atom stereocenters. The summed E-state index contributed by atoms with van der Waals surface area (Å²) in [6, 6.07) is 6.14. The lowest BCUT2D eigenvalue weighted by Gasteiger charge is -2.20. The summed E-state index contributed by atoms with van der Waals surface area (Å²) in [6.45, 7) is 5.55. The number of benzene rings is 1. The van der Waals surface area contributed by atoms with Gasteiger partial charge in [-0.05, 0) is 37.6 Å². The van der Waals surface area contributed by atoms with Crippen molar-refractivity contribution in [2.75, 3.05) is 13.6 Å². The summed E-state index contributed by atoms with van der Waals surface area (Å²) in [4.78, 5) is 2.11. The van der Waals surface area contributed by atoms with Crippen molar-refractivity contribution in [3.8, 4) is 0 Å². The van der Waals surface area contributed by atoms with Crippen LogP contribution < -0.4 is 0 Å². The Hall–Kier alpha value is -1.65. The van der Waals surface area contributed by atoms with Gasteiger partial charge in [0, 0.05) is 31.9 Å². The molecule has 4 nitrogen and oxygen atoms in total. The monoisotopic (exact) mass is 273 g/mol. The van der Waals surface area contributed by atoms with Gasteiger partial charge in [-0.2, -0.15) is 5.10 Å². The van der Waals surface area contributed by atoms with Gasteiger partial charge in [0.2, 0.25) is 0 Å². The number of aliphatic hydroxyl groups excluding tert-OH is 1. The van der Waals surface area contributed by atoms with E-state index in [0.29, 0.717) is 6.54 Å².